The van der Waals surface area contributed by atoms with Gasteiger partial charge < -0.3 is 14.8 Å². The molecule has 2 aromatic rings. The van der Waals surface area contributed by atoms with E-state index in [4.69, 9.17) is 32.7 Å². The van der Waals surface area contributed by atoms with Gasteiger partial charge in [0.05, 0.1) is 28.8 Å². The van der Waals surface area contributed by atoms with Crippen molar-refractivity contribution in [3.05, 3.63) is 57.3 Å². The Morgan fingerprint density at radius 1 is 1.17 bits per heavy atom. The van der Waals surface area contributed by atoms with Gasteiger partial charge in [-0.05, 0) is 29.8 Å². The molecule has 126 valence electrons. The fraction of sp³-hybridized carbons (Fsp3) is 0.235. The molecular weight excluding hydrogens is 356 g/mol. The molecule has 0 spiro atoms. The lowest BCUT2D eigenvalue weighted by Gasteiger charge is -2.12. The molecular formula is C17H14Cl2FNO3. The zero-order valence-corrected chi connectivity index (χ0v) is 14.1. The highest BCUT2D eigenvalue weighted by Crippen LogP contribution is 2.38. The zero-order chi connectivity index (χ0) is 17.1. The van der Waals surface area contributed by atoms with Crippen LogP contribution in [-0.2, 0) is 6.54 Å². The smallest absolute Gasteiger partial charge is 0.256 e. The molecule has 3 rings (SSSR count). The van der Waals surface area contributed by atoms with Gasteiger partial charge in [-0.1, -0.05) is 29.3 Å². The van der Waals surface area contributed by atoms with Crippen LogP contribution in [0.15, 0.2) is 30.3 Å². The summed E-state index contributed by atoms with van der Waals surface area (Å²) in [6, 6.07) is 7.52. The van der Waals surface area contributed by atoms with Crippen molar-refractivity contribution in [2.24, 2.45) is 0 Å². The minimum atomic E-state index is -0.670. The highest BCUT2D eigenvalue weighted by Gasteiger charge is 2.18. The van der Waals surface area contributed by atoms with Crippen LogP contribution in [0.5, 0.6) is 11.5 Å². The predicted molar refractivity (Wildman–Crippen MR) is 89.6 cm³/mol. The molecule has 1 aliphatic rings. The number of ether oxygens (including phenoxy) is 2. The molecule has 0 aromatic heterocycles. The van der Waals surface area contributed by atoms with E-state index in [1.807, 2.05) is 0 Å². The second-order valence-corrected chi connectivity index (χ2v) is 6.05. The average Bonchev–Trinajstić information content (AvgIpc) is 2.78. The number of benzene rings is 2. The van der Waals surface area contributed by atoms with E-state index in [1.165, 1.54) is 18.2 Å². The molecule has 1 heterocycles. The number of hydrogen-bond acceptors (Lipinski definition) is 3. The van der Waals surface area contributed by atoms with Gasteiger partial charge in [0, 0.05) is 13.0 Å². The van der Waals surface area contributed by atoms with Crippen LogP contribution in [0.3, 0.4) is 0 Å². The maximum Gasteiger partial charge on any atom is 0.256 e. The van der Waals surface area contributed by atoms with Crippen molar-refractivity contribution in [1.29, 1.82) is 0 Å². The lowest BCUT2D eigenvalue weighted by molar-refractivity contribution is 0.0947. The van der Waals surface area contributed by atoms with E-state index in [-0.39, 0.29) is 17.1 Å². The van der Waals surface area contributed by atoms with Crippen LogP contribution in [0.4, 0.5) is 4.39 Å². The van der Waals surface area contributed by atoms with E-state index in [9.17, 15) is 9.18 Å². The molecule has 4 nitrogen and oxygen atoms in total. The van der Waals surface area contributed by atoms with E-state index in [0.29, 0.717) is 35.3 Å². The number of halogens is 3. The molecule has 0 saturated heterocycles. The Kier molecular flexibility index (Phi) is 5.11. The highest BCUT2D eigenvalue weighted by molar-refractivity contribution is 6.34. The Morgan fingerprint density at radius 2 is 1.96 bits per heavy atom. The first-order chi connectivity index (χ1) is 11.6. The third-order valence-corrected chi connectivity index (χ3v) is 4.10. The number of carbonyl (C=O) groups is 1. The van der Waals surface area contributed by atoms with Gasteiger partial charge in [-0.2, -0.15) is 0 Å². The highest BCUT2D eigenvalue weighted by atomic mass is 35.5. The van der Waals surface area contributed by atoms with E-state index in [1.54, 1.807) is 12.1 Å². The SMILES string of the molecule is O=C(NCc1cc(Cl)c2c(c1)OCCCO2)c1c(F)cccc1Cl. The summed E-state index contributed by atoms with van der Waals surface area (Å²) < 4.78 is 24.9. The molecule has 24 heavy (non-hydrogen) atoms. The van der Waals surface area contributed by atoms with E-state index >= 15 is 0 Å². The van der Waals surface area contributed by atoms with E-state index < -0.39 is 11.7 Å². The first-order valence-corrected chi connectivity index (χ1v) is 8.12. The minimum Gasteiger partial charge on any atom is -0.489 e. The van der Waals surface area contributed by atoms with Gasteiger partial charge in [-0.15, -0.1) is 0 Å². The summed E-state index contributed by atoms with van der Waals surface area (Å²) in [5, 5.41) is 3.09. The fourth-order valence-corrected chi connectivity index (χ4v) is 2.91. The van der Waals surface area contributed by atoms with Crippen LogP contribution in [0, 0.1) is 5.82 Å². The van der Waals surface area contributed by atoms with E-state index in [0.717, 1.165) is 6.42 Å². The second-order valence-electron chi connectivity index (χ2n) is 5.23. The summed E-state index contributed by atoms with van der Waals surface area (Å²) in [6.45, 7) is 1.22. The number of nitrogens with one attached hydrogen (secondary N) is 1. The predicted octanol–water partition coefficient (Wildman–Crippen LogP) is 4.22. The largest absolute Gasteiger partial charge is 0.489 e. The maximum atomic E-state index is 13.8. The van der Waals surface area contributed by atoms with Gasteiger partial charge in [0.15, 0.2) is 11.5 Å². The number of rotatable bonds is 3. The Hall–Kier alpha value is -1.98. The maximum absolute atomic E-state index is 13.8. The van der Waals surface area contributed by atoms with Crippen LogP contribution in [0.2, 0.25) is 10.0 Å². The fourth-order valence-electron chi connectivity index (χ4n) is 2.37. The van der Waals surface area contributed by atoms with Gasteiger partial charge in [-0.3, -0.25) is 4.79 Å². The molecule has 0 atom stereocenters. The first kappa shape index (κ1) is 16.9. The van der Waals surface area contributed by atoms with Crippen LogP contribution >= 0.6 is 23.2 Å². The average molecular weight is 370 g/mol. The molecule has 1 aliphatic heterocycles. The normalized spacial score (nSPS) is 13.3. The van der Waals surface area contributed by atoms with Crippen LogP contribution in [0.25, 0.3) is 0 Å². The summed E-state index contributed by atoms with van der Waals surface area (Å²) in [5.74, 6) is -0.229. The first-order valence-electron chi connectivity index (χ1n) is 7.36. The molecule has 0 unspecified atom stereocenters. The lowest BCUT2D eigenvalue weighted by Crippen LogP contribution is -2.24. The number of carbonyl (C=O) groups excluding carboxylic acids is 1. The number of amides is 1. The standard InChI is InChI=1S/C17H14Cl2FNO3/c18-11-3-1-4-13(20)15(11)17(22)21-9-10-7-12(19)16-14(8-10)23-5-2-6-24-16/h1,3-4,7-8H,2,5-6,9H2,(H,21,22). The van der Waals surface area contributed by atoms with Gasteiger partial charge in [0.2, 0.25) is 0 Å². The summed E-state index contributed by atoms with van der Waals surface area (Å²) in [5.41, 5.74) is 0.532. The molecule has 0 radical (unpaired) electrons. The van der Waals surface area contributed by atoms with Crippen LogP contribution in [-0.4, -0.2) is 19.1 Å². The van der Waals surface area contributed by atoms with Gasteiger partial charge in [0.1, 0.15) is 5.82 Å². The third kappa shape index (κ3) is 3.57. The van der Waals surface area contributed by atoms with Crippen molar-refractivity contribution in [3.8, 4) is 11.5 Å². The summed E-state index contributed by atoms with van der Waals surface area (Å²) in [6.07, 6.45) is 0.767. The Bertz CT molecular complexity index is 762. The topological polar surface area (TPSA) is 47.6 Å². The van der Waals surface area contributed by atoms with Gasteiger partial charge in [0.25, 0.3) is 5.91 Å². The van der Waals surface area contributed by atoms with Crippen molar-refractivity contribution in [2.75, 3.05) is 13.2 Å². The number of fused-ring (bicyclic) bond motifs is 1. The van der Waals surface area contributed by atoms with Crippen molar-refractivity contribution in [3.63, 3.8) is 0 Å². The summed E-state index contributed by atoms with van der Waals surface area (Å²) in [7, 11) is 0. The zero-order valence-electron chi connectivity index (χ0n) is 12.6. The minimum absolute atomic E-state index is 0.0594. The lowest BCUT2D eigenvalue weighted by atomic mass is 10.1. The Morgan fingerprint density at radius 3 is 2.75 bits per heavy atom. The molecule has 0 bridgehead atoms. The molecule has 1 amide bonds. The Balaban J connectivity index is 1.76. The Labute approximate surface area is 148 Å². The molecule has 2 aromatic carbocycles. The number of hydrogen-bond donors (Lipinski definition) is 1. The monoisotopic (exact) mass is 369 g/mol. The second kappa shape index (κ2) is 7.28. The molecule has 0 fully saturated rings. The molecule has 7 heteroatoms. The summed E-state index contributed by atoms with van der Waals surface area (Å²) in [4.78, 5) is 12.2. The van der Waals surface area contributed by atoms with Crippen molar-refractivity contribution in [2.45, 2.75) is 13.0 Å². The quantitative estimate of drug-likeness (QED) is 0.880. The van der Waals surface area contributed by atoms with Crippen molar-refractivity contribution < 1.29 is 18.7 Å². The molecule has 1 N–H and O–H groups in total. The van der Waals surface area contributed by atoms with Gasteiger partial charge in [-0.25, -0.2) is 4.39 Å². The third-order valence-electron chi connectivity index (χ3n) is 3.50. The molecule has 0 aliphatic carbocycles. The van der Waals surface area contributed by atoms with Crippen molar-refractivity contribution >= 4 is 29.1 Å². The van der Waals surface area contributed by atoms with Crippen LogP contribution in [0.1, 0.15) is 22.3 Å². The molecule has 0 saturated carbocycles. The van der Waals surface area contributed by atoms with Gasteiger partial charge >= 0.3 is 0 Å². The van der Waals surface area contributed by atoms with E-state index in [2.05, 4.69) is 5.32 Å². The van der Waals surface area contributed by atoms with Crippen LogP contribution < -0.4 is 14.8 Å². The van der Waals surface area contributed by atoms with Crippen molar-refractivity contribution in [1.82, 2.24) is 5.32 Å². The summed E-state index contributed by atoms with van der Waals surface area (Å²) >= 11 is 12.1.